The summed E-state index contributed by atoms with van der Waals surface area (Å²) in [6.45, 7) is 2.25. The molecular formula is C15H18N2O. The van der Waals surface area contributed by atoms with Crippen LogP contribution in [0.1, 0.15) is 19.3 Å². The molecule has 94 valence electrons. The third-order valence-corrected chi connectivity index (χ3v) is 3.65. The number of aromatic nitrogens is 1. The highest BCUT2D eigenvalue weighted by molar-refractivity contribution is 5.97. The molecule has 1 fully saturated rings. The first-order chi connectivity index (χ1) is 8.90. The van der Waals surface area contributed by atoms with Crippen molar-refractivity contribution in [1.82, 2.24) is 4.98 Å². The number of pyridine rings is 1. The predicted molar refractivity (Wildman–Crippen MR) is 74.4 cm³/mol. The maximum Gasteiger partial charge on any atom is 0.142 e. The van der Waals surface area contributed by atoms with Gasteiger partial charge in [-0.15, -0.1) is 0 Å². The van der Waals surface area contributed by atoms with Crippen molar-refractivity contribution < 1.29 is 4.74 Å². The van der Waals surface area contributed by atoms with E-state index in [0.717, 1.165) is 18.8 Å². The molecule has 0 N–H and O–H groups in total. The van der Waals surface area contributed by atoms with Gasteiger partial charge < -0.3 is 9.64 Å². The first-order valence-corrected chi connectivity index (χ1v) is 6.56. The van der Waals surface area contributed by atoms with Gasteiger partial charge in [-0.05, 0) is 37.5 Å². The number of nitrogens with zero attached hydrogens (tertiary/aromatic N) is 2. The molecule has 3 rings (SSSR count). The van der Waals surface area contributed by atoms with Crippen LogP contribution in [0.15, 0.2) is 30.6 Å². The van der Waals surface area contributed by atoms with Gasteiger partial charge in [-0.25, -0.2) is 0 Å². The molecule has 0 unspecified atom stereocenters. The summed E-state index contributed by atoms with van der Waals surface area (Å²) in [5.41, 5.74) is 1.23. The minimum Gasteiger partial charge on any atom is -0.495 e. The average Bonchev–Trinajstić information content (AvgIpc) is 2.47. The number of ether oxygens (including phenoxy) is 1. The van der Waals surface area contributed by atoms with Crippen molar-refractivity contribution in [2.45, 2.75) is 19.3 Å². The van der Waals surface area contributed by atoms with Crippen molar-refractivity contribution in [3.63, 3.8) is 0 Å². The van der Waals surface area contributed by atoms with E-state index in [0.29, 0.717) is 0 Å². The first-order valence-electron chi connectivity index (χ1n) is 6.56. The van der Waals surface area contributed by atoms with Gasteiger partial charge in [0, 0.05) is 36.3 Å². The van der Waals surface area contributed by atoms with E-state index in [2.05, 4.69) is 22.0 Å². The first kappa shape index (κ1) is 11.3. The monoisotopic (exact) mass is 242 g/mol. The van der Waals surface area contributed by atoms with Crippen molar-refractivity contribution in [2.75, 3.05) is 25.1 Å². The van der Waals surface area contributed by atoms with Crippen LogP contribution in [0.25, 0.3) is 10.8 Å². The molecule has 1 aromatic carbocycles. The molecule has 1 aromatic heterocycles. The second-order valence-corrected chi connectivity index (χ2v) is 4.76. The number of anilines is 1. The lowest BCUT2D eigenvalue weighted by atomic mass is 10.1. The van der Waals surface area contributed by atoms with E-state index in [1.807, 2.05) is 18.5 Å². The maximum absolute atomic E-state index is 5.54. The molecule has 2 aromatic rings. The second kappa shape index (κ2) is 4.84. The van der Waals surface area contributed by atoms with Crippen LogP contribution in [0.2, 0.25) is 0 Å². The smallest absolute Gasteiger partial charge is 0.142 e. The number of piperidine rings is 1. The fourth-order valence-corrected chi connectivity index (χ4v) is 2.74. The average molecular weight is 242 g/mol. The Kier molecular flexibility index (Phi) is 3.05. The van der Waals surface area contributed by atoms with E-state index >= 15 is 0 Å². The molecule has 2 heterocycles. The summed E-state index contributed by atoms with van der Waals surface area (Å²) in [7, 11) is 1.75. The zero-order valence-electron chi connectivity index (χ0n) is 10.7. The van der Waals surface area contributed by atoms with Crippen LogP contribution in [0.4, 0.5) is 5.69 Å². The molecular weight excluding hydrogens is 224 g/mol. The predicted octanol–water partition coefficient (Wildman–Crippen LogP) is 3.23. The zero-order chi connectivity index (χ0) is 12.4. The van der Waals surface area contributed by atoms with Crippen molar-refractivity contribution in [1.29, 1.82) is 0 Å². The Morgan fingerprint density at radius 1 is 1.11 bits per heavy atom. The fourth-order valence-electron chi connectivity index (χ4n) is 2.74. The van der Waals surface area contributed by atoms with Crippen LogP contribution >= 0.6 is 0 Å². The molecule has 0 atom stereocenters. The molecule has 1 saturated heterocycles. The Morgan fingerprint density at radius 2 is 1.94 bits per heavy atom. The van der Waals surface area contributed by atoms with E-state index in [1.165, 1.54) is 35.7 Å². The summed E-state index contributed by atoms with van der Waals surface area (Å²) in [4.78, 5) is 6.64. The van der Waals surface area contributed by atoms with E-state index in [9.17, 15) is 0 Å². The Labute approximate surface area is 107 Å². The van der Waals surface area contributed by atoms with Gasteiger partial charge in [-0.2, -0.15) is 0 Å². The fraction of sp³-hybridized carbons (Fsp3) is 0.400. The molecule has 1 aliphatic heterocycles. The topological polar surface area (TPSA) is 25.4 Å². The summed E-state index contributed by atoms with van der Waals surface area (Å²) < 4.78 is 5.54. The Hall–Kier alpha value is -1.77. The second-order valence-electron chi connectivity index (χ2n) is 4.76. The van der Waals surface area contributed by atoms with Crippen LogP contribution in [0.3, 0.4) is 0 Å². The van der Waals surface area contributed by atoms with Crippen molar-refractivity contribution in [3.05, 3.63) is 30.6 Å². The van der Waals surface area contributed by atoms with E-state index in [4.69, 9.17) is 4.74 Å². The van der Waals surface area contributed by atoms with Gasteiger partial charge in [0.25, 0.3) is 0 Å². The van der Waals surface area contributed by atoms with Crippen molar-refractivity contribution in [2.24, 2.45) is 0 Å². The SMILES string of the molecule is COc1ccc2cnccc2c1N1CCCCC1. The molecule has 0 amide bonds. The molecule has 18 heavy (non-hydrogen) atoms. The number of hydrogen-bond acceptors (Lipinski definition) is 3. The third kappa shape index (κ3) is 1.90. The van der Waals surface area contributed by atoms with Gasteiger partial charge in [0.2, 0.25) is 0 Å². The quantitative estimate of drug-likeness (QED) is 0.808. The van der Waals surface area contributed by atoms with Crippen LogP contribution in [0, 0.1) is 0 Å². The van der Waals surface area contributed by atoms with Crippen LogP contribution in [-0.2, 0) is 0 Å². The van der Waals surface area contributed by atoms with Gasteiger partial charge >= 0.3 is 0 Å². The number of benzene rings is 1. The lowest BCUT2D eigenvalue weighted by Gasteiger charge is -2.31. The lowest BCUT2D eigenvalue weighted by molar-refractivity contribution is 0.413. The van der Waals surface area contributed by atoms with E-state index < -0.39 is 0 Å². The highest BCUT2D eigenvalue weighted by Crippen LogP contribution is 2.37. The standard InChI is InChI=1S/C15H18N2O/c1-18-14-6-5-12-11-16-8-7-13(12)15(14)17-9-3-2-4-10-17/h5-8,11H,2-4,9-10H2,1H3. The Balaban J connectivity index is 2.16. The van der Waals surface area contributed by atoms with Gasteiger partial charge in [0.15, 0.2) is 0 Å². The van der Waals surface area contributed by atoms with Crippen molar-refractivity contribution >= 4 is 16.5 Å². The normalized spacial score (nSPS) is 15.9. The van der Waals surface area contributed by atoms with Gasteiger partial charge in [-0.1, -0.05) is 0 Å². The molecule has 0 bridgehead atoms. The minimum absolute atomic E-state index is 0.968. The Morgan fingerprint density at radius 3 is 2.72 bits per heavy atom. The molecule has 3 nitrogen and oxygen atoms in total. The zero-order valence-corrected chi connectivity index (χ0v) is 10.7. The molecule has 1 aliphatic rings. The van der Waals surface area contributed by atoms with Crippen LogP contribution in [-0.4, -0.2) is 25.2 Å². The molecule has 3 heteroatoms. The van der Waals surface area contributed by atoms with Gasteiger partial charge in [0.05, 0.1) is 12.8 Å². The molecule has 0 radical (unpaired) electrons. The Bertz CT molecular complexity index is 547. The van der Waals surface area contributed by atoms with Gasteiger partial charge in [0.1, 0.15) is 5.75 Å². The third-order valence-electron chi connectivity index (χ3n) is 3.65. The molecule has 0 saturated carbocycles. The van der Waals surface area contributed by atoms with Crippen LogP contribution in [0.5, 0.6) is 5.75 Å². The summed E-state index contributed by atoms with van der Waals surface area (Å²) in [6.07, 6.45) is 7.65. The molecule has 0 spiro atoms. The largest absolute Gasteiger partial charge is 0.495 e. The van der Waals surface area contributed by atoms with Crippen molar-refractivity contribution in [3.8, 4) is 5.75 Å². The maximum atomic E-state index is 5.54. The van der Waals surface area contributed by atoms with E-state index in [1.54, 1.807) is 7.11 Å². The summed E-state index contributed by atoms with van der Waals surface area (Å²) in [5, 5.41) is 2.42. The lowest BCUT2D eigenvalue weighted by Crippen LogP contribution is -2.29. The molecule has 0 aliphatic carbocycles. The minimum atomic E-state index is 0.968. The highest BCUT2D eigenvalue weighted by Gasteiger charge is 2.17. The van der Waals surface area contributed by atoms with Crippen LogP contribution < -0.4 is 9.64 Å². The van der Waals surface area contributed by atoms with Gasteiger partial charge in [-0.3, -0.25) is 4.98 Å². The number of hydrogen-bond donors (Lipinski definition) is 0. The summed E-state index contributed by atoms with van der Waals surface area (Å²) in [5.74, 6) is 0.968. The number of rotatable bonds is 2. The highest BCUT2D eigenvalue weighted by atomic mass is 16.5. The summed E-state index contributed by atoms with van der Waals surface area (Å²) in [6, 6.07) is 6.21. The number of fused-ring (bicyclic) bond motifs is 1. The number of methoxy groups -OCH3 is 1. The summed E-state index contributed by atoms with van der Waals surface area (Å²) >= 11 is 0. The van der Waals surface area contributed by atoms with E-state index in [-0.39, 0.29) is 0 Å².